The van der Waals surface area contributed by atoms with Crippen LogP contribution in [0.25, 0.3) is 0 Å². The molecule has 0 bridgehead atoms. The average Bonchev–Trinajstić information content (AvgIpc) is 1.73. The molecule has 0 aliphatic rings. The molecule has 2 heteroatoms. The molecule has 0 heterocycles. The molecular formula is C5H12OSn. The summed E-state index contributed by atoms with van der Waals surface area (Å²) in [5.41, 5.74) is 0. The molecule has 0 aliphatic heterocycles. The van der Waals surface area contributed by atoms with Gasteiger partial charge in [-0.15, -0.1) is 0 Å². The predicted octanol–water partition coefficient (Wildman–Crippen LogP) is 1.55. The van der Waals surface area contributed by atoms with E-state index in [1.807, 2.05) is 0 Å². The van der Waals surface area contributed by atoms with Crippen molar-refractivity contribution < 1.29 is 3.08 Å². The summed E-state index contributed by atoms with van der Waals surface area (Å²) >= 11 is 0.300. The van der Waals surface area contributed by atoms with Crippen molar-refractivity contribution in [1.29, 1.82) is 0 Å². The Balaban J connectivity index is 0. The van der Waals surface area contributed by atoms with Crippen molar-refractivity contribution in [3.63, 3.8) is 0 Å². The zero-order valence-electron chi connectivity index (χ0n) is 5.19. The SMILES string of the molecule is CCC(C)C.[O]=[Sn]. The molecule has 0 saturated carbocycles. The number of rotatable bonds is 1. The maximum atomic E-state index is 8.34. The third-order valence-corrected chi connectivity index (χ3v) is 0.816. The summed E-state index contributed by atoms with van der Waals surface area (Å²) in [6, 6.07) is 0. The van der Waals surface area contributed by atoms with Crippen LogP contribution in [0.5, 0.6) is 0 Å². The molecule has 42 valence electrons. The fourth-order valence-corrected chi connectivity index (χ4v) is 0. The van der Waals surface area contributed by atoms with Crippen LogP contribution in [0.4, 0.5) is 0 Å². The van der Waals surface area contributed by atoms with E-state index in [0.717, 1.165) is 5.92 Å². The van der Waals surface area contributed by atoms with E-state index in [0.29, 0.717) is 22.5 Å². The minimum atomic E-state index is 0.300. The van der Waals surface area contributed by atoms with Gasteiger partial charge in [-0.25, -0.2) is 0 Å². The van der Waals surface area contributed by atoms with Crippen molar-refractivity contribution in [2.45, 2.75) is 27.2 Å². The molecule has 0 rings (SSSR count). The van der Waals surface area contributed by atoms with Gasteiger partial charge in [-0.05, 0) is 5.92 Å². The Morgan fingerprint density at radius 1 is 1.43 bits per heavy atom. The quantitative estimate of drug-likeness (QED) is 0.596. The summed E-state index contributed by atoms with van der Waals surface area (Å²) in [4.78, 5) is 0. The summed E-state index contributed by atoms with van der Waals surface area (Å²) in [6.45, 7) is 6.64. The number of hydrogen-bond acceptors (Lipinski definition) is 1. The molecule has 0 unspecified atom stereocenters. The first-order valence-corrected chi connectivity index (χ1v) is 3.64. The average molecular weight is 207 g/mol. The van der Waals surface area contributed by atoms with Gasteiger partial charge in [0.15, 0.2) is 0 Å². The van der Waals surface area contributed by atoms with E-state index in [9.17, 15) is 0 Å². The fourth-order valence-electron chi connectivity index (χ4n) is 0. The molecule has 0 fully saturated rings. The minimum absolute atomic E-state index is 0.300. The molecule has 0 saturated heterocycles. The van der Waals surface area contributed by atoms with Crippen LogP contribution in [0.15, 0.2) is 0 Å². The summed E-state index contributed by atoms with van der Waals surface area (Å²) in [5.74, 6) is 0.884. The third kappa shape index (κ3) is 20.7. The monoisotopic (exact) mass is 208 g/mol. The van der Waals surface area contributed by atoms with Crippen LogP contribution >= 0.6 is 0 Å². The molecule has 0 spiro atoms. The van der Waals surface area contributed by atoms with E-state index in [2.05, 4.69) is 20.8 Å². The normalized spacial score (nSPS) is 7.43. The van der Waals surface area contributed by atoms with Gasteiger partial charge in [0, 0.05) is 0 Å². The van der Waals surface area contributed by atoms with Gasteiger partial charge in [-0.1, -0.05) is 27.2 Å². The van der Waals surface area contributed by atoms with Crippen LogP contribution in [-0.4, -0.2) is 22.5 Å². The summed E-state index contributed by atoms with van der Waals surface area (Å²) in [6.07, 6.45) is 1.31. The van der Waals surface area contributed by atoms with Crippen molar-refractivity contribution in [2.24, 2.45) is 5.92 Å². The van der Waals surface area contributed by atoms with E-state index in [4.69, 9.17) is 3.08 Å². The first kappa shape index (κ1) is 10.6. The van der Waals surface area contributed by atoms with Crippen molar-refractivity contribution in [3.05, 3.63) is 0 Å². The predicted molar refractivity (Wildman–Crippen MR) is 31.6 cm³/mol. The Kier molecular flexibility index (Phi) is 14.7. The Morgan fingerprint density at radius 3 is 1.57 bits per heavy atom. The van der Waals surface area contributed by atoms with Gasteiger partial charge in [0.1, 0.15) is 0 Å². The van der Waals surface area contributed by atoms with Gasteiger partial charge in [0.05, 0.1) is 0 Å². The van der Waals surface area contributed by atoms with Gasteiger partial charge in [0.25, 0.3) is 0 Å². The van der Waals surface area contributed by atoms with Gasteiger partial charge < -0.3 is 0 Å². The van der Waals surface area contributed by atoms with Crippen molar-refractivity contribution >= 4 is 22.5 Å². The Labute approximate surface area is 59.0 Å². The Hall–Kier alpha value is 0.599. The van der Waals surface area contributed by atoms with Crippen molar-refractivity contribution in [1.82, 2.24) is 0 Å². The van der Waals surface area contributed by atoms with Gasteiger partial charge in [-0.3, -0.25) is 0 Å². The molecule has 0 N–H and O–H groups in total. The number of hydrogen-bond donors (Lipinski definition) is 0. The second kappa shape index (κ2) is 9.78. The molecule has 0 aromatic heterocycles. The van der Waals surface area contributed by atoms with Gasteiger partial charge >= 0.3 is 25.6 Å². The fraction of sp³-hybridized carbons (Fsp3) is 1.00. The first-order valence-electron chi connectivity index (χ1n) is 2.47. The standard InChI is InChI=1S/C5H12.O.Sn/c1-4-5(2)3;;/h5H,4H2,1-3H3;;. The van der Waals surface area contributed by atoms with Gasteiger partial charge in [0.2, 0.25) is 0 Å². The summed E-state index contributed by atoms with van der Waals surface area (Å²) < 4.78 is 8.34. The van der Waals surface area contributed by atoms with Crippen LogP contribution in [-0.2, 0) is 3.08 Å². The molecule has 0 atom stereocenters. The van der Waals surface area contributed by atoms with Crippen LogP contribution in [0.2, 0.25) is 0 Å². The Bertz CT molecular complexity index is 29.3. The molecule has 1 nitrogen and oxygen atoms in total. The van der Waals surface area contributed by atoms with E-state index < -0.39 is 0 Å². The maximum absolute atomic E-state index is 8.34. The summed E-state index contributed by atoms with van der Waals surface area (Å²) in [7, 11) is 0. The van der Waals surface area contributed by atoms with E-state index in [1.54, 1.807) is 0 Å². The zero-order chi connectivity index (χ0) is 6.28. The van der Waals surface area contributed by atoms with Crippen LogP contribution in [0.3, 0.4) is 0 Å². The third-order valence-electron chi connectivity index (χ3n) is 0.816. The molecule has 0 aromatic carbocycles. The molecule has 7 heavy (non-hydrogen) atoms. The molecule has 0 aromatic rings. The second-order valence-electron chi connectivity index (χ2n) is 1.80. The van der Waals surface area contributed by atoms with E-state index >= 15 is 0 Å². The van der Waals surface area contributed by atoms with Gasteiger partial charge in [-0.2, -0.15) is 0 Å². The van der Waals surface area contributed by atoms with Crippen molar-refractivity contribution in [2.75, 3.05) is 0 Å². The van der Waals surface area contributed by atoms with Crippen LogP contribution < -0.4 is 0 Å². The van der Waals surface area contributed by atoms with E-state index in [1.165, 1.54) is 6.42 Å². The summed E-state index contributed by atoms with van der Waals surface area (Å²) in [5, 5.41) is 0. The molecule has 0 aliphatic carbocycles. The topological polar surface area (TPSA) is 17.1 Å². The Morgan fingerprint density at radius 2 is 1.57 bits per heavy atom. The van der Waals surface area contributed by atoms with Crippen molar-refractivity contribution in [3.8, 4) is 0 Å². The van der Waals surface area contributed by atoms with Crippen LogP contribution in [0.1, 0.15) is 27.2 Å². The second-order valence-corrected chi connectivity index (χ2v) is 1.80. The van der Waals surface area contributed by atoms with Crippen LogP contribution in [0, 0.1) is 5.92 Å². The van der Waals surface area contributed by atoms with E-state index in [-0.39, 0.29) is 0 Å². The molecular weight excluding hydrogens is 195 g/mol. The zero-order valence-corrected chi connectivity index (χ0v) is 8.05. The molecule has 0 amide bonds. The molecule has 2 radical (unpaired) electrons. The first-order chi connectivity index (χ1) is 3.27.